The van der Waals surface area contributed by atoms with E-state index in [2.05, 4.69) is 36.2 Å². The molecule has 0 bridgehead atoms. The number of carbonyl (C=O) groups is 1. The van der Waals surface area contributed by atoms with Gasteiger partial charge in [0.2, 0.25) is 5.91 Å². The van der Waals surface area contributed by atoms with Gasteiger partial charge in [0, 0.05) is 30.7 Å². The van der Waals surface area contributed by atoms with Gasteiger partial charge in [-0.1, -0.05) is 26.8 Å². The second-order valence-corrected chi connectivity index (χ2v) is 7.49. The van der Waals surface area contributed by atoms with Crippen LogP contribution in [-0.2, 0) is 14.9 Å². The lowest BCUT2D eigenvalue weighted by atomic mass is 9.92. The van der Waals surface area contributed by atoms with Crippen molar-refractivity contribution in [2.75, 3.05) is 11.9 Å². The fraction of sp³-hybridized carbons (Fsp3) is 0.526. The predicted octanol–water partition coefficient (Wildman–Crippen LogP) is 3.46. The largest absolute Gasteiger partial charge is 0.378 e. The SMILES string of the molecule is CC(C)(C)c1cc(NC(=O)CC[C@H]2CCCO2)n(-c2ccccn2)n1. The molecule has 1 atom stereocenters. The van der Waals surface area contributed by atoms with E-state index >= 15 is 0 Å². The highest BCUT2D eigenvalue weighted by atomic mass is 16.5. The summed E-state index contributed by atoms with van der Waals surface area (Å²) in [4.78, 5) is 16.7. The molecule has 0 aliphatic carbocycles. The first-order valence-corrected chi connectivity index (χ1v) is 8.87. The number of anilines is 1. The normalized spacial score (nSPS) is 17.6. The lowest BCUT2D eigenvalue weighted by Crippen LogP contribution is -2.17. The molecule has 2 aromatic heterocycles. The second kappa shape index (κ2) is 7.35. The van der Waals surface area contributed by atoms with E-state index in [0.29, 0.717) is 18.1 Å². The molecule has 2 aromatic rings. The maximum atomic E-state index is 12.4. The Bertz CT molecular complexity index is 713. The summed E-state index contributed by atoms with van der Waals surface area (Å²) < 4.78 is 7.29. The van der Waals surface area contributed by atoms with Crippen molar-refractivity contribution in [1.82, 2.24) is 14.8 Å². The first kappa shape index (κ1) is 17.6. The van der Waals surface area contributed by atoms with Crippen molar-refractivity contribution in [2.24, 2.45) is 0 Å². The van der Waals surface area contributed by atoms with Gasteiger partial charge in [0.05, 0.1) is 11.8 Å². The van der Waals surface area contributed by atoms with Gasteiger partial charge < -0.3 is 10.1 Å². The van der Waals surface area contributed by atoms with E-state index in [-0.39, 0.29) is 17.4 Å². The molecular formula is C19H26N4O2. The summed E-state index contributed by atoms with van der Waals surface area (Å²) in [6, 6.07) is 7.57. The van der Waals surface area contributed by atoms with E-state index in [0.717, 1.165) is 31.6 Å². The third-order valence-corrected chi connectivity index (χ3v) is 4.33. The number of nitrogens with zero attached hydrogens (tertiary/aromatic N) is 3. The standard InChI is InChI=1S/C19H26N4O2/c1-19(2,3)15-13-17(23(22-15)16-8-4-5-11-20-16)21-18(24)10-9-14-7-6-12-25-14/h4-5,8,11,13-14H,6-7,9-10,12H2,1-3H3,(H,21,24)/t14-/m1/s1. The van der Waals surface area contributed by atoms with Crippen LogP contribution in [0.5, 0.6) is 0 Å². The number of hydrogen-bond donors (Lipinski definition) is 1. The Balaban J connectivity index is 1.76. The summed E-state index contributed by atoms with van der Waals surface area (Å²) in [5, 5.41) is 7.65. The van der Waals surface area contributed by atoms with E-state index in [1.165, 1.54) is 0 Å². The predicted molar refractivity (Wildman–Crippen MR) is 96.9 cm³/mol. The monoisotopic (exact) mass is 342 g/mol. The van der Waals surface area contributed by atoms with Gasteiger partial charge in [-0.15, -0.1) is 0 Å². The minimum Gasteiger partial charge on any atom is -0.378 e. The Morgan fingerprint density at radius 3 is 2.88 bits per heavy atom. The topological polar surface area (TPSA) is 69.0 Å². The fourth-order valence-electron chi connectivity index (χ4n) is 2.86. The molecule has 0 radical (unpaired) electrons. The Hall–Kier alpha value is -2.21. The summed E-state index contributed by atoms with van der Waals surface area (Å²) >= 11 is 0. The molecule has 1 aliphatic heterocycles. The number of ether oxygens (including phenoxy) is 1. The molecule has 25 heavy (non-hydrogen) atoms. The van der Waals surface area contributed by atoms with Crippen LogP contribution in [0.25, 0.3) is 5.82 Å². The van der Waals surface area contributed by atoms with E-state index in [1.54, 1.807) is 10.9 Å². The molecule has 1 aliphatic rings. The van der Waals surface area contributed by atoms with Crippen LogP contribution in [-0.4, -0.2) is 33.4 Å². The molecule has 0 saturated carbocycles. The molecule has 6 heteroatoms. The van der Waals surface area contributed by atoms with Crippen LogP contribution in [0.4, 0.5) is 5.82 Å². The molecule has 3 heterocycles. The first-order chi connectivity index (χ1) is 11.9. The summed E-state index contributed by atoms with van der Waals surface area (Å²) in [6.07, 6.45) is 5.28. The van der Waals surface area contributed by atoms with Crippen LogP contribution < -0.4 is 5.32 Å². The number of aromatic nitrogens is 3. The zero-order chi connectivity index (χ0) is 17.9. The average molecular weight is 342 g/mol. The Morgan fingerprint density at radius 1 is 1.40 bits per heavy atom. The minimum atomic E-state index is -0.114. The van der Waals surface area contributed by atoms with Gasteiger partial charge in [-0.2, -0.15) is 9.78 Å². The molecule has 134 valence electrons. The van der Waals surface area contributed by atoms with E-state index < -0.39 is 0 Å². The molecule has 1 saturated heterocycles. The Morgan fingerprint density at radius 2 is 2.24 bits per heavy atom. The molecule has 0 unspecified atom stereocenters. The molecule has 1 fully saturated rings. The highest BCUT2D eigenvalue weighted by molar-refractivity contribution is 5.90. The van der Waals surface area contributed by atoms with Crippen LogP contribution in [0.3, 0.4) is 0 Å². The van der Waals surface area contributed by atoms with Gasteiger partial charge in [0.1, 0.15) is 5.82 Å². The maximum absolute atomic E-state index is 12.4. The van der Waals surface area contributed by atoms with Crippen LogP contribution in [0.15, 0.2) is 30.5 Å². The van der Waals surface area contributed by atoms with Gasteiger partial charge in [-0.05, 0) is 31.4 Å². The fourth-order valence-corrected chi connectivity index (χ4v) is 2.86. The third-order valence-electron chi connectivity index (χ3n) is 4.33. The summed E-state index contributed by atoms with van der Waals surface area (Å²) in [6.45, 7) is 7.11. The van der Waals surface area contributed by atoms with Crippen molar-refractivity contribution < 1.29 is 9.53 Å². The maximum Gasteiger partial charge on any atom is 0.225 e. The molecule has 0 aromatic carbocycles. The first-order valence-electron chi connectivity index (χ1n) is 8.87. The quantitative estimate of drug-likeness (QED) is 0.903. The number of rotatable bonds is 5. The highest BCUT2D eigenvalue weighted by Gasteiger charge is 2.22. The molecule has 1 amide bonds. The molecule has 6 nitrogen and oxygen atoms in total. The minimum absolute atomic E-state index is 0.0203. The van der Waals surface area contributed by atoms with E-state index in [4.69, 9.17) is 4.74 Å². The number of carbonyl (C=O) groups excluding carboxylic acids is 1. The van der Waals surface area contributed by atoms with Gasteiger partial charge in [0.25, 0.3) is 0 Å². The summed E-state index contributed by atoms with van der Waals surface area (Å²) in [5.41, 5.74) is 0.796. The van der Waals surface area contributed by atoms with Crippen LogP contribution in [0, 0.1) is 0 Å². The second-order valence-electron chi connectivity index (χ2n) is 7.49. The number of amides is 1. The van der Waals surface area contributed by atoms with Gasteiger partial charge >= 0.3 is 0 Å². The Labute approximate surface area is 148 Å². The number of pyridine rings is 1. The molecule has 1 N–H and O–H groups in total. The van der Waals surface area contributed by atoms with Crippen molar-refractivity contribution in [3.05, 3.63) is 36.2 Å². The van der Waals surface area contributed by atoms with Crippen molar-refractivity contribution >= 4 is 11.7 Å². The Kier molecular flexibility index (Phi) is 5.18. The zero-order valence-electron chi connectivity index (χ0n) is 15.2. The van der Waals surface area contributed by atoms with Gasteiger partial charge in [0.15, 0.2) is 5.82 Å². The summed E-state index contributed by atoms with van der Waals surface area (Å²) in [5.74, 6) is 1.32. The van der Waals surface area contributed by atoms with Crippen LogP contribution >= 0.6 is 0 Å². The molecule has 0 spiro atoms. The number of hydrogen-bond acceptors (Lipinski definition) is 4. The number of nitrogens with one attached hydrogen (secondary N) is 1. The molecular weight excluding hydrogens is 316 g/mol. The summed E-state index contributed by atoms with van der Waals surface area (Å²) in [7, 11) is 0. The molecule has 3 rings (SSSR count). The van der Waals surface area contributed by atoms with Crippen molar-refractivity contribution in [3.8, 4) is 5.82 Å². The average Bonchev–Trinajstić information content (AvgIpc) is 3.23. The van der Waals surface area contributed by atoms with E-state index in [1.807, 2.05) is 24.3 Å². The lowest BCUT2D eigenvalue weighted by molar-refractivity contribution is -0.116. The van der Waals surface area contributed by atoms with Crippen LogP contribution in [0.1, 0.15) is 52.1 Å². The van der Waals surface area contributed by atoms with Gasteiger partial charge in [-0.25, -0.2) is 4.98 Å². The zero-order valence-corrected chi connectivity index (χ0v) is 15.2. The smallest absolute Gasteiger partial charge is 0.225 e. The third kappa shape index (κ3) is 4.45. The van der Waals surface area contributed by atoms with Crippen LogP contribution in [0.2, 0.25) is 0 Å². The van der Waals surface area contributed by atoms with Gasteiger partial charge in [-0.3, -0.25) is 4.79 Å². The lowest BCUT2D eigenvalue weighted by Gasteiger charge is -2.13. The van der Waals surface area contributed by atoms with E-state index in [9.17, 15) is 4.79 Å². The van der Waals surface area contributed by atoms with Crippen molar-refractivity contribution in [1.29, 1.82) is 0 Å². The highest BCUT2D eigenvalue weighted by Crippen LogP contribution is 2.26. The van der Waals surface area contributed by atoms with Crippen molar-refractivity contribution in [3.63, 3.8) is 0 Å². The van der Waals surface area contributed by atoms with Crippen molar-refractivity contribution in [2.45, 2.75) is 58.0 Å².